The van der Waals surface area contributed by atoms with Crippen LogP contribution in [-0.2, 0) is 0 Å². The van der Waals surface area contributed by atoms with Crippen LogP contribution in [0.5, 0.6) is 5.75 Å². The number of para-hydroxylation sites is 1. The fourth-order valence-corrected chi connectivity index (χ4v) is 1.55. The maximum atomic E-state index is 9.62. The maximum Gasteiger partial charge on any atom is 0.124 e. The van der Waals surface area contributed by atoms with Gasteiger partial charge in [0.1, 0.15) is 5.75 Å². The highest BCUT2D eigenvalue weighted by atomic mass is 16.5. The van der Waals surface area contributed by atoms with E-state index in [4.69, 9.17) is 10.5 Å². The third kappa shape index (κ3) is 4.75. The minimum Gasteiger partial charge on any atom is -0.493 e. The lowest BCUT2D eigenvalue weighted by Crippen LogP contribution is -2.22. The zero-order chi connectivity index (χ0) is 12.9. The molecular weight excluding hydrogens is 214 g/mol. The number of hydrogen-bond acceptors (Lipinski definition) is 3. The van der Waals surface area contributed by atoms with Gasteiger partial charge >= 0.3 is 0 Å². The van der Waals surface area contributed by atoms with E-state index in [2.05, 4.69) is 6.92 Å². The molecule has 0 spiro atoms. The van der Waals surface area contributed by atoms with Gasteiger partial charge in [-0.2, -0.15) is 0 Å². The van der Waals surface area contributed by atoms with Crippen molar-refractivity contribution in [3.8, 4) is 5.75 Å². The summed E-state index contributed by atoms with van der Waals surface area (Å²) in [7, 11) is 0. The van der Waals surface area contributed by atoms with Crippen LogP contribution in [0, 0.1) is 0 Å². The van der Waals surface area contributed by atoms with Crippen molar-refractivity contribution in [2.24, 2.45) is 5.73 Å². The number of aliphatic hydroxyl groups is 1. The number of nitrogens with two attached hydrogens (primary N) is 1. The second-order valence-electron chi connectivity index (χ2n) is 4.96. The van der Waals surface area contributed by atoms with Crippen LogP contribution in [-0.4, -0.2) is 17.3 Å². The molecule has 0 fully saturated rings. The summed E-state index contributed by atoms with van der Waals surface area (Å²) in [4.78, 5) is 0. The smallest absolute Gasteiger partial charge is 0.124 e. The van der Waals surface area contributed by atoms with Gasteiger partial charge in [0.2, 0.25) is 0 Å². The summed E-state index contributed by atoms with van der Waals surface area (Å²) in [5, 5.41) is 9.62. The van der Waals surface area contributed by atoms with Crippen molar-refractivity contribution in [1.29, 1.82) is 0 Å². The average Bonchev–Trinajstić information content (AvgIpc) is 2.27. The molecule has 1 rings (SSSR count). The van der Waals surface area contributed by atoms with Crippen molar-refractivity contribution in [3.05, 3.63) is 29.8 Å². The van der Waals surface area contributed by atoms with Gasteiger partial charge in [0.25, 0.3) is 0 Å². The fourth-order valence-electron chi connectivity index (χ4n) is 1.55. The predicted octanol–water partition coefficient (Wildman–Crippen LogP) is 2.64. The summed E-state index contributed by atoms with van der Waals surface area (Å²) in [6.45, 7) is 6.11. The Morgan fingerprint density at radius 2 is 2.00 bits per heavy atom. The summed E-state index contributed by atoms with van der Waals surface area (Å²) < 4.78 is 5.70. The molecule has 0 radical (unpaired) electrons. The lowest BCUT2D eigenvalue weighted by atomic mass is 10.0. The Morgan fingerprint density at radius 1 is 1.35 bits per heavy atom. The van der Waals surface area contributed by atoms with Crippen LogP contribution in [0.2, 0.25) is 0 Å². The van der Waals surface area contributed by atoms with Crippen molar-refractivity contribution in [1.82, 2.24) is 0 Å². The van der Waals surface area contributed by atoms with Gasteiger partial charge in [0.15, 0.2) is 0 Å². The third-order valence-corrected chi connectivity index (χ3v) is 2.73. The van der Waals surface area contributed by atoms with E-state index in [1.54, 1.807) is 13.8 Å². The largest absolute Gasteiger partial charge is 0.493 e. The van der Waals surface area contributed by atoms with E-state index in [0.29, 0.717) is 13.0 Å². The molecule has 3 heteroatoms. The zero-order valence-corrected chi connectivity index (χ0v) is 10.9. The second kappa shape index (κ2) is 6.03. The van der Waals surface area contributed by atoms with Crippen molar-refractivity contribution in [3.63, 3.8) is 0 Å². The van der Waals surface area contributed by atoms with Gasteiger partial charge in [-0.25, -0.2) is 0 Å². The number of benzene rings is 1. The predicted molar refractivity (Wildman–Crippen MR) is 70.1 cm³/mol. The van der Waals surface area contributed by atoms with Crippen LogP contribution in [0.4, 0.5) is 0 Å². The first-order valence-corrected chi connectivity index (χ1v) is 6.13. The molecule has 0 aliphatic heterocycles. The minimum atomic E-state index is -0.693. The highest BCUT2D eigenvalue weighted by molar-refractivity contribution is 5.35. The first kappa shape index (κ1) is 14.0. The number of rotatable bonds is 6. The highest BCUT2D eigenvalue weighted by Crippen LogP contribution is 2.25. The maximum absolute atomic E-state index is 9.62. The second-order valence-corrected chi connectivity index (χ2v) is 4.96. The van der Waals surface area contributed by atoms with Crippen LogP contribution in [0.1, 0.15) is 45.2 Å². The Balaban J connectivity index is 2.64. The molecule has 0 amide bonds. The van der Waals surface area contributed by atoms with Crippen molar-refractivity contribution in [2.45, 2.75) is 45.3 Å². The average molecular weight is 237 g/mol. The lowest BCUT2D eigenvalue weighted by Gasteiger charge is -2.19. The number of hydrogen-bond donors (Lipinski definition) is 2. The molecule has 0 aliphatic carbocycles. The van der Waals surface area contributed by atoms with Crippen molar-refractivity contribution < 1.29 is 9.84 Å². The summed E-state index contributed by atoms with van der Waals surface area (Å²) in [6.07, 6.45) is 1.48. The molecule has 96 valence electrons. The van der Waals surface area contributed by atoms with Crippen LogP contribution < -0.4 is 10.5 Å². The summed E-state index contributed by atoms with van der Waals surface area (Å²) in [6, 6.07) is 7.83. The first-order valence-electron chi connectivity index (χ1n) is 6.13. The Labute approximate surface area is 104 Å². The Morgan fingerprint density at radius 3 is 2.59 bits per heavy atom. The zero-order valence-electron chi connectivity index (χ0n) is 10.9. The Bertz CT molecular complexity index is 344. The van der Waals surface area contributed by atoms with Gasteiger partial charge in [-0.1, -0.05) is 25.1 Å². The van der Waals surface area contributed by atoms with E-state index in [-0.39, 0.29) is 6.04 Å². The van der Waals surface area contributed by atoms with E-state index in [1.165, 1.54) is 0 Å². The van der Waals surface area contributed by atoms with Gasteiger partial charge < -0.3 is 15.6 Å². The third-order valence-electron chi connectivity index (χ3n) is 2.73. The molecular formula is C14H23NO2. The molecule has 0 saturated heterocycles. The molecule has 0 unspecified atom stereocenters. The molecule has 1 aromatic rings. The molecule has 0 bridgehead atoms. The fraction of sp³-hybridized carbons (Fsp3) is 0.571. The van der Waals surface area contributed by atoms with Crippen LogP contribution in [0.3, 0.4) is 0 Å². The summed E-state index contributed by atoms with van der Waals surface area (Å²) in [5.74, 6) is 0.825. The number of ether oxygens (including phenoxy) is 1. The van der Waals surface area contributed by atoms with Crippen LogP contribution >= 0.6 is 0 Å². The SMILES string of the molecule is CC[C@@H](N)c1ccccc1OCCC(C)(C)O. The van der Waals surface area contributed by atoms with Crippen molar-refractivity contribution in [2.75, 3.05) is 6.61 Å². The molecule has 3 nitrogen and oxygen atoms in total. The van der Waals surface area contributed by atoms with Crippen molar-refractivity contribution >= 4 is 0 Å². The van der Waals surface area contributed by atoms with Gasteiger partial charge in [0, 0.05) is 18.0 Å². The van der Waals surface area contributed by atoms with E-state index >= 15 is 0 Å². The normalized spacial score (nSPS) is 13.5. The minimum absolute atomic E-state index is 0.00772. The first-order chi connectivity index (χ1) is 7.94. The quantitative estimate of drug-likeness (QED) is 0.799. The molecule has 0 saturated carbocycles. The summed E-state index contributed by atoms with van der Waals surface area (Å²) >= 11 is 0. The standard InChI is InChI=1S/C14H23NO2/c1-4-12(15)11-7-5-6-8-13(11)17-10-9-14(2,3)16/h5-8,12,16H,4,9-10,15H2,1-3H3/t12-/m1/s1. The molecule has 1 aromatic carbocycles. The van der Waals surface area contributed by atoms with Crippen LogP contribution in [0.15, 0.2) is 24.3 Å². The highest BCUT2D eigenvalue weighted by Gasteiger charge is 2.14. The topological polar surface area (TPSA) is 55.5 Å². The monoisotopic (exact) mass is 237 g/mol. The van der Waals surface area contributed by atoms with E-state index < -0.39 is 5.60 Å². The Hall–Kier alpha value is -1.06. The van der Waals surface area contributed by atoms with Gasteiger partial charge in [-0.3, -0.25) is 0 Å². The lowest BCUT2D eigenvalue weighted by molar-refractivity contribution is 0.0551. The van der Waals surface area contributed by atoms with Crippen LogP contribution in [0.25, 0.3) is 0 Å². The molecule has 0 aliphatic rings. The van der Waals surface area contributed by atoms with Gasteiger partial charge in [-0.15, -0.1) is 0 Å². The Kier molecular flexibility index (Phi) is 4.97. The summed E-state index contributed by atoms with van der Waals surface area (Å²) in [5.41, 5.74) is 6.36. The van der Waals surface area contributed by atoms with E-state index in [9.17, 15) is 5.11 Å². The molecule has 3 N–H and O–H groups in total. The molecule has 0 aromatic heterocycles. The molecule has 1 atom stereocenters. The van der Waals surface area contributed by atoms with E-state index in [1.807, 2.05) is 24.3 Å². The van der Waals surface area contributed by atoms with Gasteiger partial charge in [0.05, 0.1) is 12.2 Å². The molecule has 17 heavy (non-hydrogen) atoms. The van der Waals surface area contributed by atoms with Gasteiger partial charge in [-0.05, 0) is 26.3 Å². The van der Waals surface area contributed by atoms with E-state index in [0.717, 1.165) is 17.7 Å². The molecule has 0 heterocycles.